The number of rotatable bonds is 7. The molecular weight excluding hydrogens is 274 g/mol. The summed E-state index contributed by atoms with van der Waals surface area (Å²) in [7, 11) is 0. The molecule has 0 heterocycles. The monoisotopic (exact) mass is 299 g/mol. The molecule has 3 heteroatoms. The van der Waals surface area contributed by atoms with Crippen molar-refractivity contribution in [2.45, 2.75) is 39.9 Å². The third-order valence-corrected chi connectivity index (χ3v) is 3.16. The van der Waals surface area contributed by atoms with E-state index in [1.54, 1.807) is 0 Å². The molecule has 1 N–H and O–H groups in total. The zero-order chi connectivity index (χ0) is 15.9. The number of hydrogen-bond acceptors (Lipinski definition) is 3. The Balaban J connectivity index is 1.85. The van der Waals surface area contributed by atoms with Gasteiger partial charge in [-0.1, -0.05) is 23.8 Å². The molecule has 0 saturated carbocycles. The molecular formula is C19H25NO2. The van der Waals surface area contributed by atoms with Gasteiger partial charge in [0.1, 0.15) is 17.6 Å². The normalized spacial score (nSPS) is 12.0. The third kappa shape index (κ3) is 5.32. The molecule has 0 amide bonds. The second-order valence-electron chi connectivity index (χ2n) is 5.82. The molecule has 118 valence electrons. The minimum atomic E-state index is 0.0809. The number of ether oxygens (including phenoxy) is 2. The average Bonchev–Trinajstić information content (AvgIpc) is 2.47. The van der Waals surface area contributed by atoms with Crippen molar-refractivity contribution in [2.24, 2.45) is 0 Å². The summed E-state index contributed by atoms with van der Waals surface area (Å²) in [5.74, 6) is 1.78. The molecule has 2 aromatic rings. The summed E-state index contributed by atoms with van der Waals surface area (Å²) in [6.07, 6.45) is 0.261. The van der Waals surface area contributed by atoms with E-state index in [1.165, 1.54) is 5.56 Å². The van der Waals surface area contributed by atoms with Gasteiger partial charge in [-0.15, -0.1) is 0 Å². The Kier molecular flexibility index (Phi) is 5.70. The number of aryl methyl sites for hydroxylation is 1. The molecule has 0 saturated heterocycles. The van der Waals surface area contributed by atoms with E-state index in [1.807, 2.05) is 50.2 Å². The lowest BCUT2D eigenvalue weighted by Crippen LogP contribution is -2.22. The molecule has 1 atom stereocenters. The first kappa shape index (κ1) is 16.2. The van der Waals surface area contributed by atoms with Gasteiger partial charge in [0.2, 0.25) is 0 Å². The van der Waals surface area contributed by atoms with Gasteiger partial charge in [-0.05, 0) is 52.0 Å². The Morgan fingerprint density at radius 1 is 0.909 bits per heavy atom. The smallest absolute Gasteiger partial charge is 0.121 e. The van der Waals surface area contributed by atoms with Crippen LogP contribution in [0.15, 0.2) is 48.5 Å². The standard InChI is InChI=1S/C19H25NO2/c1-14(2)21-19-7-5-6-17(12-19)20-13-16(4)22-18-10-8-15(3)9-11-18/h5-12,14,16,20H,13H2,1-4H3. The van der Waals surface area contributed by atoms with Crippen molar-refractivity contribution in [3.05, 3.63) is 54.1 Å². The van der Waals surface area contributed by atoms with Gasteiger partial charge in [-0.3, -0.25) is 0 Å². The Bertz CT molecular complexity index is 578. The van der Waals surface area contributed by atoms with Crippen LogP contribution in [0.2, 0.25) is 0 Å². The minimum absolute atomic E-state index is 0.0809. The zero-order valence-electron chi connectivity index (χ0n) is 13.8. The van der Waals surface area contributed by atoms with E-state index in [0.717, 1.165) is 23.7 Å². The van der Waals surface area contributed by atoms with Crippen LogP contribution in [0.25, 0.3) is 0 Å². The number of anilines is 1. The minimum Gasteiger partial charge on any atom is -0.491 e. The van der Waals surface area contributed by atoms with E-state index in [4.69, 9.17) is 9.47 Å². The van der Waals surface area contributed by atoms with E-state index >= 15 is 0 Å². The van der Waals surface area contributed by atoms with Gasteiger partial charge in [0.25, 0.3) is 0 Å². The maximum atomic E-state index is 5.89. The molecule has 0 aliphatic carbocycles. The third-order valence-electron chi connectivity index (χ3n) is 3.16. The summed E-state index contributed by atoms with van der Waals surface area (Å²) >= 11 is 0. The second kappa shape index (κ2) is 7.74. The van der Waals surface area contributed by atoms with Crippen molar-refractivity contribution < 1.29 is 9.47 Å². The lowest BCUT2D eigenvalue weighted by molar-refractivity contribution is 0.234. The molecule has 1 unspecified atom stereocenters. The first-order chi connectivity index (χ1) is 10.5. The largest absolute Gasteiger partial charge is 0.491 e. The lowest BCUT2D eigenvalue weighted by Gasteiger charge is -2.17. The summed E-state index contributed by atoms with van der Waals surface area (Å²) in [5.41, 5.74) is 2.28. The number of nitrogens with one attached hydrogen (secondary N) is 1. The van der Waals surface area contributed by atoms with Gasteiger partial charge < -0.3 is 14.8 Å². The van der Waals surface area contributed by atoms with E-state index in [9.17, 15) is 0 Å². The SMILES string of the molecule is Cc1ccc(OC(C)CNc2cccc(OC(C)C)c2)cc1. The van der Waals surface area contributed by atoms with Crippen LogP contribution in [-0.4, -0.2) is 18.8 Å². The molecule has 0 aliphatic rings. The zero-order valence-corrected chi connectivity index (χ0v) is 13.8. The number of benzene rings is 2. The predicted octanol–water partition coefficient (Wildman–Crippen LogP) is 4.66. The highest BCUT2D eigenvalue weighted by molar-refractivity contribution is 5.48. The van der Waals surface area contributed by atoms with E-state index in [2.05, 4.69) is 31.3 Å². The Hall–Kier alpha value is -2.16. The molecule has 2 rings (SSSR count). The summed E-state index contributed by atoms with van der Waals surface area (Å²) in [5, 5.41) is 3.38. The van der Waals surface area contributed by atoms with Crippen LogP contribution in [0.5, 0.6) is 11.5 Å². The molecule has 3 nitrogen and oxygen atoms in total. The molecule has 0 bridgehead atoms. The van der Waals surface area contributed by atoms with Crippen LogP contribution in [0.1, 0.15) is 26.3 Å². The quantitative estimate of drug-likeness (QED) is 0.806. The van der Waals surface area contributed by atoms with Gasteiger partial charge in [0.15, 0.2) is 0 Å². The van der Waals surface area contributed by atoms with Gasteiger partial charge in [0.05, 0.1) is 12.6 Å². The predicted molar refractivity (Wildman–Crippen MR) is 92.0 cm³/mol. The topological polar surface area (TPSA) is 30.5 Å². The van der Waals surface area contributed by atoms with Crippen LogP contribution in [0.3, 0.4) is 0 Å². The Labute approximate surface area is 133 Å². The van der Waals surface area contributed by atoms with Crippen molar-refractivity contribution in [1.29, 1.82) is 0 Å². The molecule has 22 heavy (non-hydrogen) atoms. The highest BCUT2D eigenvalue weighted by Crippen LogP contribution is 2.19. The summed E-state index contributed by atoms with van der Waals surface area (Å²) < 4.78 is 11.6. The van der Waals surface area contributed by atoms with Crippen molar-refractivity contribution >= 4 is 5.69 Å². The van der Waals surface area contributed by atoms with Crippen LogP contribution in [0, 0.1) is 6.92 Å². The van der Waals surface area contributed by atoms with Gasteiger partial charge >= 0.3 is 0 Å². The lowest BCUT2D eigenvalue weighted by atomic mass is 10.2. The van der Waals surface area contributed by atoms with Crippen LogP contribution >= 0.6 is 0 Å². The van der Waals surface area contributed by atoms with E-state index < -0.39 is 0 Å². The van der Waals surface area contributed by atoms with Crippen molar-refractivity contribution in [1.82, 2.24) is 0 Å². The van der Waals surface area contributed by atoms with Crippen LogP contribution in [-0.2, 0) is 0 Å². The summed E-state index contributed by atoms with van der Waals surface area (Å²) in [4.78, 5) is 0. The van der Waals surface area contributed by atoms with E-state index in [0.29, 0.717) is 0 Å². The maximum Gasteiger partial charge on any atom is 0.121 e. The molecule has 2 aromatic carbocycles. The first-order valence-corrected chi connectivity index (χ1v) is 7.77. The molecule has 0 aliphatic heterocycles. The van der Waals surface area contributed by atoms with Crippen LogP contribution < -0.4 is 14.8 Å². The average molecular weight is 299 g/mol. The fourth-order valence-corrected chi connectivity index (χ4v) is 2.10. The summed E-state index contributed by atoms with van der Waals surface area (Å²) in [6.45, 7) is 8.91. The molecule has 0 spiro atoms. The fourth-order valence-electron chi connectivity index (χ4n) is 2.10. The van der Waals surface area contributed by atoms with Crippen molar-refractivity contribution in [2.75, 3.05) is 11.9 Å². The van der Waals surface area contributed by atoms with Crippen LogP contribution in [0.4, 0.5) is 5.69 Å². The first-order valence-electron chi connectivity index (χ1n) is 7.77. The maximum absolute atomic E-state index is 5.89. The fraction of sp³-hybridized carbons (Fsp3) is 0.368. The highest BCUT2D eigenvalue weighted by Gasteiger charge is 2.05. The Morgan fingerprint density at radius 3 is 2.32 bits per heavy atom. The van der Waals surface area contributed by atoms with Crippen molar-refractivity contribution in [3.63, 3.8) is 0 Å². The highest BCUT2D eigenvalue weighted by atomic mass is 16.5. The van der Waals surface area contributed by atoms with Crippen molar-refractivity contribution in [3.8, 4) is 11.5 Å². The molecule has 0 radical (unpaired) electrons. The second-order valence-corrected chi connectivity index (χ2v) is 5.82. The molecule has 0 fully saturated rings. The van der Waals surface area contributed by atoms with E-state index in [-0.39, 0.29) is 12.2 Å². The molecule has 0 aromatic heterocycles. The Morgan fingerprint density at radius 2 is 1.64 bits per heavy atom. The number of hydrogen-bond donors (Lipinski definition) is 1. The van der Waals surface area contributed by atoms with Gasteiger partial charge in [-0.2, -0.15) is 0 Å². The van der Waals surface area contributed by atoms with Gasteiger partial charge in [-0.25, -0.2) is 0 Å². The van der Waals surface area contributed by atoms with Gasteiger partial charge in [0, 0.05) is 11.8 Å². The summed E-state index contributed by atoms with van der Waals surface area (Å²) in [6, 6.07) is 16.1.